The van der Waals surface area contributed by atoms with Gasteiger partial charge in [0.1, 0.15) is 11.1 Å². The predicted molar refractivity (Wildman–Crippen MR) is 141 cm³/mol. The van der Waals surface area contributed by atoms with Crippen LogP contribution in [0.1, 0.15) is 44.5 Å². The van der Waals surface area contributed by atoms with Crippen molar-refractivity contribution in [3.8, 4) is 0 Å². The van der Waals surface area contributed by atoms with Gasteiger partial charge in [-0.1, -0.05) is 26.0 Å². The SMILES string of the molecule is C=CCN(CC=C)C(CN=C(NCC)N(C)Cc1csc(C(C)OC)n1)C(C)C.I. The number of nitrogens with one attached hydrogen (secondary N) is 1. The maximum Gasteiger partial charge on any atom is 0.194 e. The number of nitrogens with zero attached hydrogens (tertiary/aromatic N) is 4. The number of aromatic nitrogens is 1. The quantitative estimate of drug-likeness (QED) is 0.169. The summed E-state index contributed by atoms with van der Waals surface area (Å²) in [7, 11) is 3.76. The van der Waals surface area contributed by atoms with E-state index in [1.165, 1.54) is 0 Å². The first-order valence-corrected chi connectivity index (χ1v) is 11.2. The fourth-order valence-electron chi connectivity index (χ4n) is 3.08. The fraction of sp³-hybridized carbons (Fsp3) is 0.636. The topological polar surface area (TPSA) is 53.0 Å². The maximum absolute atomic E-state index is 5.37. The van der Waals surface area contributed by atoms with E-state index in [-0.39, 0.29) is 30.1 Å². The number of methoxy groups -OCH3 is 1. The second-order valence-electron chi connectivity index (χ2n) is 7.45. The van der Waals surface area contributed by atoms with Crippen LogP contribution in [0.25, 0.3) is 0 Å². The van der Waals surface area contributed by atoms with E-state index in [9.17, 15) is 0 Å². The van der Waals surface area contributed by atoms with E-state index in [2.05, 4.69) is 61.5 Å². The zero-order valence-electron chi connectivity index (χ0n) is 19.4. The lowest BCUT2D eigenvalue weighted by Gasteiger charge is -2.32. The molecule has 1 heterocycles. The van der Waals surface area contributed by atoms with E-state index >= 15 is 0 Å². The summed E-state index contributed by atoms with van der Waals surface area (Å²) in [6, 6.07) is 0.321. The van der Waals surface area contributed by atoms with Gasteiger partial charge in [-0.25, -0.2) is 4.98 Å². The van der Waals surface area contributed by atoms with Crippen LogP contribution < -0.4 is 5.32 Å². The number of guanidine groups is 1. The van der Waals surface area contributed by atoms with Crippen molar-refractivity contribution in [3.63, 3.8) is 0 Å². The molecule has 1 N–H and O–H groups in total. The zero-order chi connectivity index (χ0) is 21.8. The summed E-state index contributed by atoms with van der Waals surface area (Å²) in [5.41, 5.74) is 1.03. The van der Waals surface area contributed by atoms with Gasteiger partial charge in [-0.15, -0.1) is 48.5 Å². The van der Waals surface area contributed by atoms with E-state index in [1.54, 1.807) is 18.4 Å². The van der Waals surface area contributed by atoms with Crippen LogP contribution in [0.3, 0.4) is 0 Å². The molecule has 0 amide bonds. The van der Waals surface area contributed by atoms with Gasteiger partial charge in [-0.05, 0) is 19.8 Å². The van der Waals surface area contributed by atoms with Crippen LogP contribution in [-0.2, 0) is 11.3 Å². The Morgan fingerprint density at radius 2 is 1.93 bits per heavy atom. The number of halogens is 1. The van der Waals surface area contributed by atoms with E-state index < -0.39 is 0 Å². The van der Waals surface area contributed by atoms with Gasteiger partial charge >= 0.3 is 0 Å². The summed E-state index contributed by atoms with van der Waals surface area (Å²) in [4.78, 5) is 14.1. The van der Waals surface area contributed by atoms with E-state index in [0.717, 1.165) is 42.8 Å². The third-order valence-electron chi connectivity index (χ3n) is 4.76. The van der Waals surface area contributed by atoms with Gasteiger partial charge in [0.15, 0.2) is 5.96 Å². The number of aliphatic imine (C=N–C) groups is 1. The molecule has 0 aliphatic rings. The van der Waals surface area contributed by atoms with Crippen molar-refractivity contribution in [2.24, 2.45) is 10.9 Å². The van der Waals surface area contributed by atoms with Crippen molar-refractivity contribution in [2.45, 2.75) is 46.4 Å². The number of ether oxygens (including phenoxy) is 1. The smallest absolute Gasteiger partial charge is 0.194 e. The molecule has 0 saturated carbocycles. The summed E-state index contributed by atoms with van der Waals surface area (Å²) in [6.07, 6.45) is 3.91. The molecule has 1 aromatic rings. The van der Waals surface area contributed by atoms with Gasteiger partial charge in [0.25, 0.3) is 0 Å². The average Bonchev–Trinajstić information content (AvgIpc) is 3.15. The third-order valence-corrected chi connectivity index (χ3v) is 5.81. The third kappa shape index (κ3) is 9.45. The minimum Gasteiger partial charge on any atom is -0.375 e. The first-order valence-electron chi connectivity index (χ1n) is 10.3. The Hall–Kier alpha value is -0.970. The molecule has 6 nitrogen and oxygen atoms in total. The summed E-state index contributed by atoms with van der Waals surface area (Å²) in [6.45, 7) is 20.3. The van der Waals surface area contributed by atoms with Gasteiger partial charge in [0.2, 0.25) is 0 Å². The van der Waals surface area contributed by atoms with Gasteiger partial charge in [0, 0.05) is 45.2 Å². The highest BCUT2D eigenvalue weighted by Gasteiger charge is 2.21. The molecule has 172 valence electrons. The second kappa shape index (κ2) is 15.8. The molecule has 2 unspecified atom stereocenters. The van der Waals surface area contributed by atoms with Crippen LogP contribution in [0, 0.1) is 5.92 Å². The Kier molecular flexibility index (Phi) is 15.3. The zero-order valence-corrected chi connectivity index (χ0v) is 22.6. The van der Waals surface area contributed by atoms with Crippen LogP contribution in [-0.4, -0.2) is 67.1 Å². The molecular formula is C22H40IN5OS. The first kappa shape index (κ1) is 29.0. The van der Waals surface area contributed by atoms with Crippen LogP contribution >= 0.6 is 35.3 Å². The van der Waals surface area contributed by atoms with Crippen LogP contribution in [0.15, 0.2) is 35.7 Å². The molecule has 0 aliphatic heterocycles. The molecule has 0 saturated heterocycles. The molecule has 0 bridgehead atoms. The van der Waals surface area contributed by atoms with Crippen molar-refractivity contribution in [1.82, 2.24) is 20.1 Å². The lowest BCUT2D eigenvalue weighted by molar-refractivity contribution is 0.119. The molecule has 1 aromatic heterocycles. The Labute approximate surface area is 204 Å². The van der Waals surface area contributed by atoms with Crippen molar-refractivity contribution < 1.29 is 4.74 Å². The molecule has 0 spiro atoms. The van der Waals surface area contributed by atoms with Crippen molar-refractivity contribution in [3.05, 3.63) is 41.4 Å². The largest absolute Gasteiger partial charge is 0.375 e. The van der Waals surface area contributed by atoms with Crippen molar-refractivity contribution in [2.75, 3.05) is 40.3 Å². The molecule has 0 radical (unpaired) electrons. The highest BCUT2D eigenvalue weighted by atomic mass is 127. The molecule has 0 aromatic carbocycles. The van der Waals surface area contributed by atoms with Crippen LogP contribution in [0.4, 0.5) is 0 Å². The highest BCUT2D eigenvalue weighted by molar-refractivity contribution is 14.0. The molecule has 0 fully saturated rings. The lowest BCUT2D eigenvalue weighted by atomic mass is 10.0. The summed E-state index contributed by atoms with van der Waals surface area (Å²) in [5, 5.41) is 6.51. The number of thiazole rings is 1. The lowest BCUT2D eigenvalue weighted by Crippen LogP contribution is -2.44. The first-order chi connectivity index (χ1) is 13.9. The van der Waals surface area contributed by atoms with Gasteiger partial charge in [-0.2, -0.15) is 0 Å². The molecule has 0 aliphatic carbocycles. The van der Waals surface area contributed by atoms with Gasteiger partial charge in [0.05, 0.1) is 18.8 Å². The highest BCUT2D eigenvalue weighted by Crippen LogP contribution is 2.21. The number of hydrogen-bond donors (Lipinski definition) is 1. The van der Waals surface area contributed by atoms with Gasteiger partial charge < -0.3 is 15.0 Å². The summed E-state index contributed by atoms with van der Waals surface area (Å²) >= 11 is 1.64. The Bertz CT molecular complexity index is 639. The predicted octanol–water partition coefficient (Wildman–Crippen LogP) is 4.56. The normalized spacial score (nSPS) is 13.7. The average molecular weight is 550 g/mol. The fourth-order valence-corrected chi connectivity index (χ4v) is 3.92. The standard InChI is InChI=1S/C22H39N5OS.HI/c1-9-12-27(13-10-2)20(17(4)5)14-24-22(23-11-3)26(7)15-19-16-29-21(25-19)18(6)28-8;/h9-10,16-18,20H,1-2,11-15H2,3-8H3,(H,23,24);1H. The minimum absolute atomic E-state index is 0. The summed E-state index contributed by atoms with van der Waals surface area (Å²) in [5.74, 6) is 1.37. The maximum atomic E-state index is 5.37. The Morgan fingerprint density at radius 1 is 1.30 bits per heavy atom. The van der Waals surface area contributed by atoms with Crippen molar-refractivity contribution >= 4 is 41.3 Å². The molecular weight excluding hydrogens is 509 g/mol. The van der Waals surface area contributed by atoms with Gasteiger partial charge in [-0.3, -0.25) is 9.89 Å². The molecule has 30 heavy (non-hydrogen) atoms. The number of hydrogen-bond acceptors (Lipinski definition) is 5. The van der Waals surface area contributed by atoms with Crippen molar-refractivity contribution in [1.29, 1.82) is 0 Å². The molecule has 8 heteroatoms. The summed E-state index contributed by atoms with van der Waals surface area (Å²) < 4.78 is 5.37. The Balaban J connectivity index is 0.00000841. The second-order valence-corrected chi connectivity index (χ2v) is 8.34. The molecule has 2 atom stereocenters. The van der Waals surface area contributed by atoms with E-state index in [0.29, 0.717) is 18.5 Å². The number of rotatable bonds is 13. The minimum atomic E-state index is 0. The van der Waals surface area contributed by atoms with Crippen LogP contribution in [0.2, 0.25) is 0 Å². The van der Waals surface area contributed by atoms with E-state index in [1.807, 2.05) is 19.1 Å². The van der Waals surface area contributed by atoms with Crippen LogP contribution in [0.5, 0.6) is 0 Å². The molecule has 1 rings (SSSR count). The Morgan fingerprint density at radius 3 is 2.43 bits per heavy atom. The monoisotopic (exact) mass is 549 g/mol. The van der Waals surface area contributed by atoms with E-state index in [4.69, 9.17) is 14.7 Å².